The topological polar surface area (TPSA) is 46.6 Å². The maximum absolute atomic E-state index is 12.4. The minimum atomic E-state index is -0.478. The van der Waals surface area contributed by atoms with Crippen molar-refractivity contribution in [2.75, 3.05) is 13.7 Å². The highest BCUT2D eigenvalue weighted by molar-refractivity contribution is 6.16. The van der Waals surface area contributed by atoms with Gasteiger partial charge in [0, 0.05) is 12.2 Å². The molecule has 0 N–H and O–H groups in total. The SMILES string of the molecule is CCN1C(=O)C(=Cc2ccccc2)C(C(=O)OC)=C1C. The smallest absolute Gasteiger partial charge is 0.340 e. The fourth-order valence-corrected chi connectivity index (χ4v) is 2.32. The maximum atomic E-state index is 12.4. The molecular formula is C16H17NO3. The lowest BCUT2D eigenvalue weighted by molar-refractivity contribution is -0.136. The Balaban J connectivity index is 2.53. The van der Waals surface area contributed by atoms with Crippen LogP contribution in [0, 0.1) is 0 Å². The normalized spacial score (nSPS) is 17.1. The monoisotopic (exact) mass is 271 g/mol. The molecule has 1 aromatic rings. The van der Waals surface area contributed by atoms with Crippen molar-refractivity contribution in [3.63, 3.8) is 0 Å². The van der Waals surface area contributed by atoms with Gasteiger partial charge in [0.2, 0.25) is 0 Å². The molecule has 1 amide bonds. The van der Waals surface area contributed by atoms with Gasteiger partial charge in [0.25, 0.3) is 5.91 Å². The Labute approximate surface area is 118 Å². The summed E-state index contributed by atoms with van der Waals surface area (Å²) in [6.45, 7) is 4.17. The lowest BCUT2D eigenvalue weighted by atomic mass is 10.0. The van der Waals surface area contributed by atoms with E-state index in [9.17, 15) is 9.59 Å². The van der Waals surface area contributed by atoms with Gasteiger partial charge in [0.15, 0.2) is 0 Å². The number of carbonyl (C=O) groups is 2. The third kappa shape index (κ3) is 2.37. The van der Waals surface area contributed by atoms with Crippen molar-refractivity contribution in [3.8, 4) is 0 Å². The van der Waals surface area contributed by atoms with E-state index in [0.29, 0.717) is 23.4 Å². The molecule has 20 heavy (non-hydrogen) atoms. The fraction of sp³-hybridized carbons (Fsp3) is 0.250. The molecule has 104 valence electrons. The lowest BCUT2D eigenvalue weighted by Gasteiger charge is -2.14. The Hall–Kier alpha value is -2.36. The van der Waals surface area contributed by atoms with Crippen LogP contribution in [0.2, 0.25) is 0 Å². The van der Waals surface area contributed by atoms with Crippen molar-refractivity contribution in [3.05, 3.63) is 52.7 Å². The average Bonchev–Trinajstić information content (AvgIpc) is 2.70. The minimum absolute atomic E-state index is 0.158. The first-order valence-electron chi connectivity index (χ1n) is 6.48. The molecule has 1 aromatic carbocycles. The van der Waals surface area contributed by atoms with Crippen molar-refractivity contribution >= 4 is 18.0 Å². The first-order valence-corrected chi connectivity index (χ1v) is 6.48. The summed E-state index contributed by atoms with van der Waals surface area (Å²) in [5.41, 5.74) is 2.26. The molecule has 0 fully saturated rings. The summed E-state index contributed by atoms with van der Waals surface area (Å²) in [4.78, 5) is 25.9. The van der Waals surface area contributed by atoms with Crippen molar-refractivity contribution in [2.24, 2.45) is 0 Å². The highest BCUT2D eigenvalue weighted by Gasteiger charge is 2.35. The van der Waals surface area contributed by atoms with E-state index in [0.717, 1.165) is 5.56 Å². The van der Waals surface area contributed by atoms with Gasteiger partial charge in [-0.05, 0) is 25.5 Å². The molecule has 1 heterocycles. The van der Waals surface area contributed by atoms with Crippen molar-refractivity contribution in [1.82, 2.24) is 4.90 Å². The highest BCUT2D eigenvalue weighted by atomic mass is 16.5. The minimum Gasteiger partial charge on any atom is -0.465 e. The molecule has 2 rings (SSSR count). The van der Waals surface area contributed by atoms with Gasteiger partial charge >= 0.3 is 5.97 Å². The van der Waals surface area contributed by atoms with E-state index < -0.39 is 5.97 Å². The molecule has 0 spiro atoms. The molecule has 0 atom stereocenters. The van der Waals surface area contributed by atoms with Crippen molar-refractivity contribution in [1.29, 1.82) is 0 Å². The van der Waals surface area contributed by atoms with Crippen LogP contribution in [0.1, 0.15) is 19.4 Å². The fourth-order valence-electron chi connectivity index (χ4n) is 2.32. The molecule has 0 aromatic heterocycles. The van der Waals surface area contributed by atoms with Crippen LogP contribution in [0.15, 0.2) is 47.2 Å². The molecule has 0 saturated heterocycles. The molecule has 0 radical (unpaired) electrons. The molecule has 0 aliphatic carbocycles. The first kappa shape index (κ1) is 14.1. The average molecular weight is 271 g/mol. The van der Waals surface area contributed by atoms with Crippen LogP contribution < -0.4 is 0 Å². The second-order valence-electron chi connectivity index (χ2n) is 4.47. The predicted octanol–water partition coefficient (Wildman–Crippen LogP) is 2.38. The number of carbonyl (C=O) groups excluding carboxylic acids is 2. The van der Waals surface area contributed by atoms with Gasteiger partial charge in [-0.15, -0.1) is 0 Å². The molecule has 1 aliphatic heterocycles. The van der Waals surface area contributed by atoms with Gasteiger partial charge in [0.05, 0.1) is 18.3 Å². The number of esters is 1. The van der Waals surface area contributed by atoms with Crippen molar-refractivity contribution < 1.29 is 14.3 Å². The van der Waals surface area contributed by atoms with E-state index >= 15 is 0 Å². The summed E-state index contributed by atoms with van der Waals surface area (Å²) >= 11 is 0. The zero-order valence-corrected chi connectivity index (χ0v) is 11.8. The quantitative estimate of drug-likeness (QED) is 0.626. The molecular weight excluding hydrogens is 254 g/mol. The number of benzene rings is 1. The molecule has 4 heteroatoms. The Kier molecular flexibility index (Phi) is 4.03. The molecule has 0 unspecified atom stereocenters. The summed E-state index contributed by atoms with van der Waals surface area (Å²) in [6, 6.07) is 9.45. The third-order valence-electron chi connectivity index (χ3n) is 3.33. The number of likely N-dealkylation sites (N-methyl/N-ethyl adjacent to an activating group) is 1. The number of nitrogens with zero attached hydrogens (tertiary/aromatic N) is 1. The van der Waals surface area contributed by atoms with Crippen LogP contribution in [0.4, 0.5) is 0 Å². The van der Waals surface area contributed by atoms with Crippen LogP contribution in [0.3, 0.4) is 0 Å². The second kappa shape index (κ2) is 5.74. The van der Waals surface area contributed by atoms with E-state index in [4.69, 9.17) is 4.74 Å². The maximum Gasteiger partial charge on any atom is 0.340 e. The van der Waals surface area contributed by atoms with Gasteiger partial charge in [0.1, 0.15) is 0 Å². The zero-order chi connectivity index (χ0) is 14.7. The van der Waals surface area contributed by atoms with Crippen LogP contribution >= 0.6 is 0 Å². The Morgan fingerprint density at radius 1 is 1.30 bits per heavy atom. The van der Waals surface area contributed by atoms with Crippen molar-refractivity contribution in [2.45, 2.75) is 13.8 Å². The van der Waals surface area contributed by atoms with Gasteiger partial charge in [-0.3, -0.25) is 4.79 Å². The van der Waals surface area contributed by atoms with Crippen LogP contribution in [0.25, 0.3) is 6.08 Å². The van der Waals surface area contributed by atoms with Gasteiger partial charge in [-0.2, -0.15) is 0 Å². The molecule has 0 bridgehead atoms. The first-order chi connectivity index (χ1) is 9.60. The van der Waals surface area contributed by atoms with Gasteiger partial charge < -0.3 is 9.64 Å². The summed E-state index contributed by atoms with van der Waals surface area (Å²) < 4.78 is 4.80. The summed E-state index contributed by atoms with van der Waals surface area (Å²) in [5.74, 6) is -0.636. The number of methoxy groups -OCH3 is 1. The lowest BCUT2D eigenvalue weighted by Crippen LogP contribution is -2.24. The number of allylic oxidation sites excluding steroid dienone is 1. The number of hydrogen-bond acceptors (Lipinski definition) is 3. The Bertz CT molecular complexity index is 599. The summed E-state index contributed by atoms with van der Waals surface area (Å²) in [6.07, 6.45) is 1.73. The van der Waals surface area contributed by atoms with Gasteiger partial charge in [-0.25, -0.2) is 4.79 Å². The number of rotatable bonds is 3. The van der Waals surface area contributed by atoms with Crippen LogP contribution in [0.5, 0.6) is 0 Å². The van der Waals surface area contributed by atoms with E-state index in [1.807, 2.05) is 37.3 Å². The zero-order valence-electron chi connectivity index (χ0n) is 11.8. The third-order valence-corrected chi connectivity index (χ3v) is 3.33. The second-order valence-corrected chi connectivity index (χ2v) is 4.47. The summed E-state index contributed by atoms with van der Waals surface area (Å²) in [5, 5.41) is 0. The van der Waals surface area contributed by atoms with E-state index in [2.05, 4.69) is 0 Å². The highest BCUT2D eigenvalue weighted by Crippen LogP contribution is 2.31. The van der Waals surface area contributed by atoms with Gasteiger partial charge in [-0.1, -0.05) is 30.3 Å². The number of hydrogen-bond donors (Lipinski definition) is 0. The van der Waals surface area contributed by atoms with E-state index in [1.165, 1.54) is 7.11 Å². The van der Waals surface area contributed by atoms with E-state index in [1.54, 1.807) is 17.9 Å². The van der Waals surface area contributed by atoms with Crippen LogP contribution in [-0.2, 0) is 14.3 Å². The molecule has 1 aliphatic rings. The van der Waals surface area contributed by atoms with Crippen LogP contribution in [-0.4, -0.2) is 30.4 Å². The predicted molar refractivity (Wildman–Crippen MR) is 76.5 cm³/mol. The summed E-state index contributed by atoms with van der Waals surface area (Å²) in [7, 11) is 1.32. The molecule has 4 nitrogen and oxygen atoms in total. The Morgan fingerprint density at radius 3 is 2.50 bits per heavy atom. The number of amides is 1. The largest absolute Gasteiger partial charge is 0.465 e. The van der Waals surface area contributed by atoms with E-state index in [-0.39, 0.29) is 5.91 Å². The standard InChI is InChI=1S/C16H17NO3/c1-4-17-11(2)14(16(19)20-3)13(15(17)18)10-12-8-6-5-7-9-12/h5-10H,4H2,1-3H3. The molecule has 0 saturated carbocycles. The number of ether oxygens (including phenoxy) is 1. The Morgan fingerprint density at radius 2 is 1.95 bits per heavy atom.